The molecule has 0 radical (unpaired) electrons. The van der Waals surface area contributed by atoms with Crippen LogP contribution in [0, 0.1) is 13.8 Å². The summed E-state index contributed by atoms with van der Waals surface area (Å²) < 4.78 is 0. The van der Waals surface area contributed by atoms with E-state index < -0.39 is 11.8 Å². The molecular formula is C14H13N5O2S. The van der Waals surface area contributed by atoms with Gasteiger partial charge in [0.05, 0.1) is 23.1 Å². The zero-order valence-electron chi connectivity index (χ0n) is 11.9. The Hall–Kier alpha value is -2.74. The van der Waals surface area contributed by atoms with Crippen LogP contribution in [0.2, 0.25) is 0 Å². The number of hydrogen-bond acceptors (Lipinski definition) is 5. The van der Waals surface area contributed by atoms with Gasteiger partial charge in [-0.25, -0.2) is 9.97 Å². The molecule has 0 atom stereocenters. The maximum absolute atomic E-state index is 11.9. The number of aromatic amines is 1. The highest BCUT2D eigenvalue weighted by molar-refractivity contribution is 7.15. The van der Waals surface area contributed by atoms with Gasteiger partial charge in [-0.15, -0.1) is 11.3 Å². The van der Waals surface area contributed by atoms with Crippen LogP contribution in [0.25, 0.3) is 11.0 Å². The lowest BCUT2D eigenvalue weighted by atomic mass is 10.2. The van der Waals surface area contributed by atoms with E-state index in [1.165, 1.54) is 11.3 Å². The van der Waals surface area contributed by atoms with Crippen molar-refractivity contribution in [3.05, 3.63) is 35.1 Å². The Bertz CT molecular complexity index is 848. The zero-order valence-corrected chi connectivity index (χ0v) is 12.7. The summed E-state index contributed by atoms with van der Waals surface area (Å²) in [5.74, 6) is -1.50. The van der Waals surface area contributed by atoms with Crippen molar-refractivity contribution in [2.75, 3.05) is 10.6 Å². The normalized spacial score (nSPS) is 10.6. The fraction of sp³-hybridized carbons (Fsp3) is 0.143. The number of nitrogens with one attached hydrogen (secondary N) is 3. The SMILES string of the molecule is Cc1nc(NC(=O)C(=O)Nc2ccc3nc[nH]c3c2)sc1C. The maximum Gasteiger partial charge on any atom is 0.315 e. The van der Waals surface area contributed by atoms with Crippen LogP contribution in [0.3, 0.4) is 0 Å². The summed E-state index contributed by atoms with van der Waals surface area (Å²) in [5.41, 5.74) is 2.93. The van der Waals surface area contributed by atoms with E-state index in [4.69, 9.17) is 0 Å². The van der Waals surface area contributed by atoms with Crippen LogP contribution in [-0.4, -0.2) is 26.8 Å². The number of aromatic nitrogens is 3. The third-order valence-corrected chi connectivity index (χ3v) is 4.12. The van der Waals surface area contributed by atoms with Gasteiger partial charge in [0.15, 0.2) is 5.13 Å². The molecule has 22 heavy (non-hydrogen) atoms. The van der Waals surface area contributed by atoms with Crippen molar-refractivity contribution in [1.29, 1.82) is 0 Å². The van der Waals surface area contributed by atoms with Crippen molar-refractivity contribution in [2.24, 2.45) is 0 Å². The molecule has 3 rings (SSSR count). The molecule has 0 saturated carbocycles. The molecule has 0 aliphatic rings. The predicted octanol–water partition coefficient (Wildman–Crippen LogP) is 2.21. The number of aryl methyl sites for hydroxylation is 2. The highest BCUT2D eigenvalue weighted by Gasteiger charge is 2.16. The van der Waals surface area contributed by atoms with Crippen LogP contribution in [0.1, 0.15) is 10.6 Å². The smallest absolute Gasteiger partial charge is 0.315 e. The van der Waals surface area contributed by atoms with E-state index in [-0.39, 0.29) is 0 Å². The first-order chi connectivity index (χ1) is 10.5. The topological polar surface area (TPSA) is 99.8 Å². The third kappa shape index (κ3) is 2.82. The lowest BCUT2D eigenvalue weighted by Crippen LogP contribution is -2.29. The molecule has 1 aromatic carbocycles. The number of nitrogens with zero attached hydrogens (tertiary/aromatic N) is 2. The van der Waals surface area contributed by atoms with Crippen LogP contribution in [0.15, 0.2) is 24.5 Å². The molecule has 0 bridgehead atoms. The van der Waals surface area contributed by atoms with Gasteiger partial charge >= 0.3 is 11.8 Å². The molecule has 0 aliphatic heterocycles. The second-order valence-electron chi connectivity index (χ2n) is 4.70. The quantitative estimate of drug-likeness (QED) is 0.631. The Morgan fingerprint density at radius 3 is 2.68 bits per heavy atom. The summed E-state index contributed by atoms with van der Waals surface area (Å²) in [6, 6.07) is 5.16. The van der Waals surface area contributed by atoms with Gasteiger partial charge in [-0.05, 0) is 32.0 Å². The van der Waals surface area contributed by atoms with E-state index >= 15 is 0 Å². The number of fused-ring (bicyclic) bond motifs is 1. The van der Waals surface area contributed by atoms with Crippen LogP contribution in [0.5, 0.6) is 0 Å². The largest absolute Gasteiger partial charge is 0.345 e. The average Bonchev–Trinajstić information content (AvgIpc) is 3.05. The fourth-order valence-corrected chi connectivity index (χ4v) is 2.69. The minimum Gasteiger partial charge on any atom is -0.345 e. The molecule has 0 aliphatic carbocycles. The number of anilines is 2. The minimum atomic E-state index is -0.751. The number of hydrogen-bond donors (Lipinski definition) is 3. The molecule has 0 fully saturated rings. The van der Waals surface area contributed by atoms with Crippen LogP contribution < -0.4 is 10.6 Å². The number of carbonyl (C=O) groups excluding carboxylic acids is 2. The van der Waals surface area contributed by atoms with Crippen molar-refractivity contribution >= 4 is 45.0 Å². The fourth-order valence-electron chi connectivity index (χ4n) is 1.88. The van der Waals surface area contributed by atoms with E-state index in [1.54, 1.807) is 24.5 Å². The number of benzene rings is 1. The van der Waals surface area contributed by atoms with Gasteiger partial charge in [-0.1, -0.05) is 0 Å². The van der Waals surface area contributed by atoms with E-state index in [0.717, 1.165) is 21.6 Å². The van der Waals surface area contributed by atoms with Gasteiger partial charge in [0, 0.05) is 10.6 Å². The van der Waals surface area contributed by atoms with Crippen molar-refractivity contribution in [1.82, 2.24) is 15.0 Å². The van der Waals surface area contributed by atoms with Gasteiger partial charge in [0.25, 0.3) is 0 Å². The number of carbonyl (C=O) groups is 2. The van der Waals surface area contributed by atoms with E-state index in [2.05, 4.69) is 25.6 Å². The molecule has 3 N–H and O–H groups in total. The average molecular weight is 315 g/mol. The van der Waals surface area contributed by atoms with Crippen LogP contribution in [-0.2, 0) is 9.59 Å². The van der Waals surface area contributed by atoms with Gasteiger partial charge in [-0.3, -0.25) is 14.9 Å². The molecule has 7 nitrogen and oxygen atoms in total. The van der Waals surface area contributed by atoms with Gasteiger partial charge in [-0.2, -0.15) is 0 Å². The molecule has 2 amide bonds. The summed E-state index contributed by atoms with van der Waals surface area (Å²) in [6.45, 7) is 3.75. The van der Waals surface area contributed by atoms with Crippen molar-refractivity contribution in [2.45, 2.75) is 13.8 Å². The molecule has 0 saturated heterocycles. The minimum absolute atomic E-state index is 0.416. The highest BCUT2D eigenvalue weighted by atomic mass is 32.1. The monoisotopic (exact) mass is 315 g/mol. The van der Waals surface area contributed by atoms with Gasteiger partial charge in [0.2, 0.25) is 0 Å². The number of amides is 2. The van der Waals surface area contributed by atoms with Crippen molar-refractivity contribution in [3.63, 3.8) is 0 Å². The molecule has 2 heterocycles. The van der Waals surface area contributed by atoms with Crippen LogP contribution in [0.4, 0.5) is 10.8 Å². The molecule has 0 spiro atoms. The van der Waals surface area contributed by atoms with Crippen molar-refractivity contribution in [3.8, 4) is 0 Å². The van der Waals surface area contributed by atoms with Gasteiger partial charge in [0.1, 0.15) is 0 Å². The Kier molecular flexibility index (Phi) is 3.60. The van der Waals surface area contributed by atoms with Gasteiger partial charge < -0.3 is 10.3 Å². The number of rotatable bonds is 2. The third-order valence-electron chi connectivity index (χ3n) is 3.13. The summed E-state index contributed by atoms with van der Waals surface area (Å²) in [5, 5.41) is 5.45. The lowest BCUT2D eigenvalue weighted by molar-refractivity contribution is -0.132. The van der Waals surface area contributed by atoms with E-state index in [1.807, 2.05) is 13.8 Å². The number of imidazole rings is 1. The number of thiazole rings is 1. The summed E-state index contributed by atoms with van der Waals surface area (Å²) in [4.78, 5) is 36.0. The lowest BCUT2D eigenvalue weighted by Gasteiger charge is -2.04. The maximum atomic E-state index is 11.9. The highest BCUT2D eigenvalue weighted by Crippen LogP contribution is 2.21. The molecule has 3 aromatic rings. The standard InChI is InChI=1S/C14H13N5O2S/c1-7-8(2)22-14(17-7)19-13(21)12(20)18-9-3-4-10-11(5-9)16-6-15-10/h3-6H,1-2H3,(H,15,16)(H,18,20)(H,17,19,21). The summed E-state index contributed by atoms with van der Waals surface area (Å²) >= 11 is 1.33. The molecular weight excluding hydrogens is 302 g/mol. The molecule has 2 aromatic heterocycles. The zero-order chi connectivity index (χ0) is 15.7. The first kappa shape index (κ1) is 14.2. The summed E-state index contributed by atoms with van der Waals surface area (Å²) in [6.07, 6.45) is 1.57. The molecule has 112 valence electrons. The number of H-pyrrole nitrogens is 1. The van der Waals surface area contributed by atoms with E-state index in [0.29, 0.717) is 10.8 Å². The van der Waals surface area contributed by atoms with E-state index in [9.17, 15) is 9.59 Å². The first-order valence-corrected chi connectivity index (χ1v) is 7.34. The Balaban J connectivity index is 1.69. The Morgan fingerprint density at radius 1 is 1.18 bits per heavy atom. The summed E-state index contributed by atoms with van der Waals surface area (Å²) in [7, 11) is 0. The molecule has 8 heteroatoms. The second kappa shape index (κ2) is 5.57. The van der Waals surface area contributed by atoms with Crippen molar-refractivity contribution < 1.29 is 9.59 Å². The molecule has 0 unspecified atom stereocenters. The van der Waals surface area contributed by atoms with Crippen LogP contribution >= 0.6 is 11.3 Å². The first-order valence-electron chi connectivity index (χ1n) is 6.52. The predicted molar refractivity (Wildman–Crippen MR) is 84.9 cm³/mol. The Morgan fingerprint density at radius 2 is 1.95 bits per heavy atom. The Labute approximate surface area is 129 Å². The second-order valence-corrected chi connectivity index (χ2v) is 5.91.